The van der Waals surface area contributed by atoms with Crippen LogP contribution in [-0.2, 0) is 20.9 Å². The number of hydrogen-bond donors (Lipinski definition) is 1. The molecule has 4 heteroatoms. The molecular weight excluding hydrogens is 292 g/mol. The first-order valence-electron chi connectivity index (χ1n) is 8.55. The van der Waals surface area contributed by atoms with E-state index in [0.29, 0.717) is 6.61 Å². The summed E-state index contributed by atoms with van der Waals surface area (Å²) in [6.45, 7) is 2.35. The molecule has 0 saturated carbocycles. The molecule has 0 bridgehead atoms. The maximum Gasteiger partial charge on any atom is 0.309 e. The van der Waals surface area contributed by atoms with Crippen LogP contribution in [0.4, 0.5) is 0 Å². The molecule has 23 heavy (non-hydrogen) atoms. The van der Waals surface area contributed by atoms with Crippen LogP contribution in [0.5, 0.6) is 0 Å². The Hall–Kier alpha value is -1.84. The smallest absolute Gasteiger partial charge is 0.309 e. The van der Waals surface area contributed by atoms with Gasteiger partial charge >= 0.3 is 11.9 Å². The second kappa shape index (κ2) is 11.7. The average Bonchev–Trinajstić information content (AvgIpc) is 2.56. The minimum absolute atomic E-state index is 0.0299. The number of carboxylic acid groups (broad SMARTS) is 1. The van der Waals surface area contributed by atoms with Crippen molar-refractivity contribution in [3.8, 4) is 0 Å². The van der Waals surface area contributed by atoms with Gasteiger partial charge in [0.2, 0.25) is 0 Å². The summed E-state index contributed by atoms with van der Waals surface area (Å²) in [5, 5.41) is 8.56. The highest BCUT2D eigenvalue weighted by molar-refractivity contribution is 5.72. The van der Waals surface area contributed by atoms with Crippen molar-refractivity contribution in [2.24, 2.45) is 5.92 Å². The van der Waals surface area contributed by atoms with E-state index in [1.54, 1.807) is 0 Å². The number of esters is 1. The maximum absolute atomic E-state index is 12.1. The lowest BCUT2D eigenvalue weighted by Crippen LogP contribution is -2.17. The van der Waals surface area contributed by atoms with Gasteiger partial charge in [-0.3, -0.25) is 9.59 Å². The molecular formula is C19H28O4. The zero-order valence-electron chi connectivity index (χ0n) is 14.0. The topological polar surface area (TPSA) is 63.6 Å². The Kier molecular flexibility index (Phi) is 9.76. The number of aliphatic carboxylic acids is 1. The van der Waals surface area contributed by atoms with E-state index >= 15 is 0 Å². The molecule has 1 unspecified atom stereocenters. The first-order chi connectivity index (χ1) is 11.1. The van der Waals surface area contributed by atoms with Crippen molar-refractivity contribution in [1.82, 2.24) is 0 Å². The molecule has 0 heterocycles. The van der Waals surface area contributed by atoms with Gasteiger partial charge in [0, 0.05) is 6.42 Å². The second-order valence-corrected chi connectivity index (χ2v) is 5.90. The van der Waals surface area contributed by atoms with Crippen LogP contribution in [0.25, 0.3) is 0 Å². The third kappa shape index (κ3) is 9.01. The van der Waals surface area contributed by atoms with Gasteiger partial charge in [-0.15, -0.1) is 0 Å². The highest BCUT2D eigenvalue weighted by Crippen LogP contribution is 2.17. The van der Waals surface area contributed by atoms with Gasteiger partial charge in [0.1, 0.15) is 6.61 Å². The lowest BCUT2D eigenvalue weighted by molar-refractivity contribution is -0.150. The fourth-order valence-corrected chi connectivity index (χ4v) is 2.53. The average molecular weight is 320 g/mol. The summed E-state index contributed by atoms with van der Waals surface area (Å²) < 4.78 is 5.40. The summed E-state index contributed by atoms with van der Waals surface area (Å²) in [7, 11) is 0. The molecule has 4 nitrogen and oxygen atoms in total. The van der Waals surface area contributed by atoms with Crippen LogP contribution in [0.1, 0.15) is 63.9 Å². The van der Waals surface area contributed by atoms with E-state index in [1.165, 1.54) is 0 Å². The van der Waals surface area contributed by atoms with Crippen LogP contribution in [0.2, 0.25) is 0 Å². The molecule has 0 aromatic heterocycles. The number of rotatable bonds is 12. The van der Waals surface area contributed by atoms with Crippen molar-refractivity contribution >= 4 is 11.9 Å². The number of unbranched alkanes of at least 4 members (excludes halogenated alkanes) is 4. The minimum atomic E-state index is -0.725. The third-order valence-electron chi connectivity index (χ3n) is 3.99. The van der Waals surface area contributed by atoms with Crippen molar-refractivity contribution in [2.75, 3.05) is 0 Å². The molecule has 0 amide bonds. The number of ether oxygens (including phenoxy) is 1. The molecule has 0 aliphatic heterocycles. The van der Waals surface area contributed by atoms with E-state index in [-0.39, 0.29) is 18.3 Å². The van der Waals surface area contributed by atoms with Gasteiger partial charge in [0.25, 0.3) is 0 Å². The quantitative estimate of drug-likeness (QED) is 0.452. The molecule has 1 atom stereocenters. The van der Waals surface area contributed by atoms with Gasteiger partial charge in [0.05, 0.1) is 5.92 Å². The molecule has 1 aromatic carbocycles. The van der Waals surface area contributed by atoms with Crippen molar-refractivity contribution in [3.63, 3.8) is 0 Å². The highest BCUT2D eigenvalue weighted by atomic mass is 16.5. The summed E-state index contributed by atoms with van der Waals surface area (Å²) in [6, 6.07) is 9.71. The highest BCUT2D eigenvalue weighted by Gasteiger charge is 2.17. The van der Waals surface area contributed by atoms with Gasteiger partial charge in [0.15, 0.2) is 0 Å². The molecule has 0 saturated heterocycles. The van der Waals surface area contributed by atoms with Crippen LogP contribution in [0.15, 0.2) is 30.3 Å². The second-order valence-electron chi connectivity index (χ2n) is 5.90. The normalized spacial score (nSPS) is 11.9. The van der Waals surface area contributed by atoms with Crippen LogP contribution in [0.3, 0.4) is 0 Å². The lowest BCUT2D eigenvalue weighted by Gasteiger charge is -2.14. The van der Waals surface area contributed by atoms with Crippen molar-refractivity contribution in [3.05, 3.63) is 35.9 Å². The van der Waals surface area contributed by atoms with E-state index in [4.69, 9.17) is 9.84 Å². The molecule has 0 radical (unpaired) electrons. The summed E-state index contributed by atoms with van der Waals surface area (Å²) in [5.41, 5.74) is 1.01. The first-order valence-corrected chi connectivity index (χ1v) is 8.55. The van der Waals surface area contributed by atoms with E-state index < -0.39 is 5.97 Å². The van der Waals surface area contributed by atoms with E-state index in [0.717, 1.165) is 50.5 Å². The number of carbonyl (C=O) groups excluding carboxylic acids is 1. The van der Waals surface area contributed by atoms with Gasteiger partial charge in [-0.2, -0.15) is 0 Å². The molecule has 1 rings (SSSR count). The summed E-state index contributed by atoms with van der Waals surface area (Å²) in [5.74, 6) is -0.864. The van der Waals surface area contributed by atoms with Gasteiger partial charge in [-0.1, -0.05) is 62.9 Å². The van der Waals surface area contributed by atoms with E-state index in [2.05, 4.69) is 0 Å². The predicted octanol–water partition coefficient (Wildman–Crippen LogP) is 4.57. The Balaban J connectivity index is 2.15. The molecule has 0 aliphatic carbocycles. The minimum Gasteiger partial charge on any atom is -0.481 e. The molecule has 128 valence electrons. The Morgan fingerprint density at radius 3 is 2.35 bits per heavy atom. The maximum atomic E-state index is 12.1. The van der Waals surface area contributed by atoms with Crippen molar-refractivity contribution in [2.45, 2.75) is 64.9 Å². The Morgan fingerprint density at radius 1 is 1.04 bits per heavy atom. The van der Waals surface area contributed by atoms with Crippen molar-refractivity contribution in [1.29, 1.82) is 0 Å². The SMILES string of the molecule is CCC(CCCCCCCC(=O)O)C(=O)OCc1ccccc1. The van der Waals surface area contributed by atoms with Gasteiger partial charge in [-0.25, -0.2) is 0 Å². The third-order valence-corrected chi connectivity index (χ3v) is 3.99. The number of carboxylic acids is 1. The van der Waals surface area contributed by atoms with Crippen LogP contribution in [0, 0.1) is 5.92 Å². The van der Waals surface area contributed by atoms with E-state index in [1.807, 2.05) is 37.3 Å². The predicted molar refractivity (Wildman–Crippen MR) is 90.0 cm³/mol. The Bertz CT molecular complexity index is 456. The lowest BCUT2D eigenvalue weighted by atomic mass is 9.98. The zero-order chi connectivity index (χ0) is 16.9. The number of carbonyl (C=O) groups is 2. The molecule has 0 spiro atoms. The number of benzene rings is 1. The molecule has 1 N–H and O–H groups in total. The fourth-order valence-electron chi connectivity index (χ4n) is 2.53. The fraction of sp³-hybridized carbons (Fsp3) is 0.579. The van der Waals surface area contributed by atoms with Crippen LogP contribution < -0.4 is 0 Å². The largest absolute Gasteiger partial charge is 0.481 e. The first kappa shape index (κ1) is 19.2. The molecule has 1 aromatic rings. The van der Waals surface area contributed by atoms with Crippen molar-refractivity contribution < 1.29 is 19.4 Å². The van der Waals surface area contributed by atoms with Crippen LogP contribution >= 0.6 is 0 Å². The molecule has 0 aliphatic rings. The molecule has 0 fully saturated rings. The summed E-state index contributed by atoms with van der Waals surface area (Å²) in [4.78, 5) is 22.5. The zero-order valence-corrected chi connectivity index (χ0v) is 14.0. The van der Waals surface area contributed by atoms with E-state index in [9.17, 15) is 9.59 Å². The number of hydrogen-bond acceptors (Lipinski definition) is 3. The Labute approximate surface area is 138 Å². The van der Waals surface area contributed by atoms with Gasteiger partial charge in [-0.05, 0) is 24.8 Å². The standard InChI is InChI=1S/C19H28O4/c1-2-17(13-9-4-3-5-10-14-18(20)21)19(22)23-15-16-11-7-6-8-12-16/h6-8,11-12,17H,2-5,9-10,13-15H2,1H3,(H,20,21). The monoisotopic (exact) mass is 320 g/mol. The summed E-state index contributed by atoms with van der Waals surface area (Å²) >= 11 is 0. The van der Waals surface area contributed by atoms with Gasteiger partial charge < -0.3 is 9.84 Å². The Morgan fingerprint density at radius 2 is 1.70 bits per heavy atom. The van der Waals surface area contributed by atoms with Crippen LogP contribution in [-0.4, -0.2) is 17.0 Å². The summed E-state index contributed by atoms with van der Waals surface area (Å²) in [6.07, 6.45) is 6.66.